The van der Waals surface area contributed by atoms with E-state index in [9.17, 15) is 14.9 Å². The number of carbonyl (C=O) groups is 1. The molecule has 98 valence electrons. The van der Waals surface area contributed by atoms with Crippen LogP contribution in [0, 0.1) is 10.1 Å². The number of rotatable bonds is 5. The minimum absolute atomic E-state index is 0.0538. The summed E-state index contributed by atoms with van der Waals surface area (Å²) in [7, 11) is 3.16. The fraction of sp³-hybridized carbons (Fsp3) is 0.364. The van der Waals surface area contributed by atoms with Gasteiger partial charge in [-0.2, -0.15) is 0 Å². The second kappa shape index (κ2) is 5.97. The zero-order chi connectivity index (χ0) is 13.7. The van der Waals surface area contributed by atoms with Gasteiger partial charge in [0.25, 0.3) is 5.91 Å². The van der Waals surface area contributed by atoms with Crippen LogP contribution >= 0.6 is 0 Å². The first-order valence-electron chi connectivity index (χ1n) is 5.26. The summed E-state index contributed by atoms with van der Waals surface area (Å²) >= 11 is 0. The van der Waals surface area contributed by atoms with Crippen molar-refractivity contribution >= 4 is 11.6 Å². The molecule has 18 heavy (non-hydrogen) atoms. The largest absolute Gasteiger partial charge is 0.477 e. The van der Waals surface area contributed by atoms with Crippen LogP contribution in [0.3, 0.4) is 0 Å². The molecular weight excluding hydrogens is 238 g/mol. The molecule has 0 saturated heterocycles. The zero-order valence-corrected chi connectivity index (χ0v) is 10.3. The maximum atomic E-state index is 11.4. The fourth-order valence-corrected chi connectivity index (χ4v) is 1.22. The van der Waals surface area contributed by atoms with Crippen molar-refractivity contribution in [2.75, 3.05) is 20.7 Å². The van der Waals surface area contributed by atoms with Crippen LogP contribution in [0.15, 0.2) is 18.2 Å². The summed E-state index contributed by atoms with van der Waals surface area (Å²) in [5, 5.41) is 10.8. The Bertz CT molecular complexity index is 460. The quantitative estimate of drug-likeness (QED) is 0.609. The van der Waals surface area contributed by atoms with Gasteiger partial charge >= 0.3 is 5.69 Å². The molecule has 1 rings (SSSR count). The molecule has 0 atom stereocenters. The zero-order valence-electron chi connectivity index (χ0n) is 10.3. The van der Waals surface area contributed by atoms with Crippen molar-refractivity contribution in [1.82, 2.24) is 4.90 Å². The molecule has 0 aliphatic carbocycles. The highest BCUT2D eigenvalue weighted by atomic mass is 16.6. The van der Waals surface area contributed by atoms with E-state index in [1.807, 2.05) is 0 Å². The van der Waals surface area contributed by atoms with E-state index in [-0.39, 0.29) is 30.5 Å². The standard InChI is InChI=1S/C11H15N3O4/c1-13(2)11(15)7-18-10-5-8(6-12)3-4-9(10)14(16)17/h3-5H,6-7,12H2,1-2H3. The van der Waals surface area contributed by atoms with E-state index in [2.05, 4.69) is 0 Å². The van der Waals surface area contributed by atoms with Gasteiger partial charge in [-0.3, -0.25) is 14.9 Å². The molecule has 1 amide bonds. The van der Waals surface area contributed by atoms with E-state index in [0.717, 1.165) is 0 Å². The van der Waals surface area contributed by atoms with Crippen molar-refractivity contribution in [1.29, 1.82) is 0 Å². The summed E-state index contributed by atoms with van der Waals surface area (Å²) in [5.41, 5.74) is 5.97. The summed E-state index contributed by atoms with van der Waals surface area (Å²) < 4.78 is 5.18. The number of benzene rings is 1. The van der Waals surface area contributed by atoms with E-state index in [0.29, 0.717) is 5.56 Å². The number of carbonyl (C=O) groups excluding carboxylic acids is 1. The number of nitrogens with two attached hydrogens (primary N) is 1. The van der Waals surface area contributed by atoms with Crippen LogP contribution in [0.1, 0.15) is 5.56 Å². The normalized spacial score (nSPS) is 9.94. The lowest BCUT2D eigenvalue weighted by Crippen LogP contribution is -2.27. The number of hydrogen-bond acceptors (Lipinski definition) is 5. The fourth-order valence-electron chi connectivity index (χ4n) is 1.22. The van der Waals surface area contributed by atoms with Gasteiger partial charge in [0.2, 0.25) is 0 Å². The van der Waals surface area contributed by atoms with Crippen LogP contribution in [0.2, 0.25) is 0 Å². The van der Waals surface area contributed by atoms with Gasteiger partial charge in [-0.25, -0.2) is 0 Å². The smallest absolute Gasteiger partial charge is 0.310 e. The molecule has 7 heteroatoms. The molecule has 0 fully saturated rings. The SMILES string of the molecule is CN(C)C(=O)COc1cc(CN)ccc1[N+](=O)[O-]. The van der Waals surface area contributed by atoms with Crippen molar-refractivity contribution in [3.63, 3.8) is 0 Å². The van der Waals surface area contributed by atoms with E-state index >= 15 is 0 Å². The third kappa shape index (κ3) is 3.42. The van der Waals surface area contributed by atoms with Crippen molar-refractivity contribution in [3.8, 4) is 5.75 Å². The van der Waals surface area contributed by atoms with Crippen LogP contribution in [0.4, 0.5) is 5.69 Å². The molecule has 0 radical (unpaired) electrons. The van der Waals surface area contributed by atoms with Crippen LogP contribution in [0.25, 0.3) is 0 Å². The molecule has 7 nitrogen and oxygen atoms in total. The summed E-state index contributed by atoms with van der Waals surface area (Å²) in [5.74, 6) is -0.222. The van der Waals surface area contributed by atoms with Crippen LogP contribution in [-0.4, -0.2) is 36.4 Å². The highest BCUT2D eigenvalue weighted by Gasteiger charge is 2.16. The van der Waals surface area contributed by atoms with E-state index in [1.165, 1.54) is 17.0 Å². The molecule has 0 aliphatic rings. The number of amides is 1. The Morgan fingerprint density at radius 3 is 2.67 bits per heavy atom. The molecule has 0 aromatic heterocycles. The predicted molar refractivity (Wildman–Crippen MR) is 65.2 cm³/mol. The molecule has 0 aliphatic heterocycles. The number of nitro benzene ring substituents is 1. The van der Waals surface area contributed by atoms with Crippen molar-refractivity contribution in [2.45, 2.75) is 6.54 Å². The topological polar surface area (TPSA) is 98.7 Å². The average Bonchev–Trinajstić information content (AvgIpc) is 2.34. The average molecular weight is 253 g/mol. The third-order valence-corrected chi connectivity index (χ3v) is 2.31. The highest BCUT2D eigenvalue weighted by molar-refractivity contribution is 5.77. The maximum absolute atomic E-state index is 11.4. The molecule has 0 spiro atoms. The monoisotopic (exact) mass is 253 g/mol. The second-order valence-corrected chi connectivity index (χ2v) is 3.84. The Balaban J connectivity index is 2.91. The van der Waals surface area contributed by atoms with Gasteiger partial charge in [-0.05, 0) is 11.6 Å². The van der Waals surface area contributed by atoms with Gasteiger partial charge in [0.05, 0.1) is 4.92 Å². The van der Waals surface area contributed by atoms with Crippen molar-refractivity contribution < 1.29 is 14.5 Å². The Labute approximate surface area is 104 Å². The first-order valence-corrected chi connectivity index (χ1v) is 5.26. The molecule has 1 aromatic rings. The first-order chi connectivity index (χ1) is 8.45. The second-order valence-electron chi connectivity index (χ2n) is 3.84. The Kier molecular flexibility index (Phi) is 4.61. The number of nitro groups is 1. The molecule has 1 aromatic carbocycles. The van der Waals surface area contributed by atoms with Crippen molar-refractivity contribution in [2.24, 2.45) is 5.73 Å². The van der Waals surface area contributed by atoms with E-state index in [4.69, 9.17) is 10.5 Å². The molecule has 0 saturated carbocycles. The van der Waals surface area contributed by atoms with E-state index in [1.54, 1.807) is 20.2 Å². The number of ether oxygens (including phenoxy) is 1. The van der Waals surface area contributed by atoms with E-state index < -0.39 is 4.92 Å². The Morgan fingerprint density at radius 1 is 1.50 bits per heavy atom. The van der Waals surface area contributed by atoms with Gasteiger partial charge in [-0.15, -0.1) is 0 Å². The summed E-state index contributed by atoms with van der Waals surface area (Å²) in [4.78, 5) is 22.9. The highest BCUT2D eigenvalue weighted by Crippen LogP contribution is 2.27. The third-order valence-electron chi connectivity index (χ3n) is 2.31. The summed E-state index contributed by atoms with van der Waals surface area (Å²) in [6.45, 7) is -0.00214. The molecule has 0 unspecified atom stereocenters. The predicted octanol–water partition coefficient (Wildman–Crippen LogP) is 0.521. The van der Waals surface area contributed by atoms with Crippen molar-refractivity contribution in [3.05, 3.63) is 33.9 Å². The molecule has 0 heterocycles. The molecular formula is C11H15N3O4. The minimum Gasteiger partial charge on any atom is -0.477 e. The Hall–Kier alpha value is -2.15. The summed E-state index contributed by atoms with van der Waals surface area (Å²) in [6.07, 6.45) is 0. The van der Waals surface area contributed by atoms with Gasteiger partial charge in [-0.1, -0.05) is 6.07 Å². The minimum atomic E-state index is -0.560. The van der Waals surface area contributed by atoms with Crippen LogP contribution in [0.5, 0.6) is 5.75 Å². The number of likely N-dealkylation sites (N-methyl/N-ethyl adjacent to an activating group) is 1. The summed E-state index contributed by atoms with van der Waals surface area (Å²) in [6, 6.07) is 4.34. The Morgan fingerprint density at radius 2 is 2.17 bits per heavy atom. The van der Waals surface area contributed by atoms with Gasteiger partial charge in [0.15, 0.2) is 12.4 Å². The van der Waals surface area contributed by atoms with Gasteiger partial charge in [0, 0.05) is 26.7 Å². The first kappa shape index (κ1) is 13.9. The molecule has 0 bridgehead atoms. The number of nitrogens with zero attached hydrogens (tertiary/aromatic N) is 2. The lowest BCUT2D eigenvalue weighted by Gasteiger charge is -2.11. The van der Waals surface area contributed by atoms with Gasteiger partial charge in [0.1, 0.15) is 0 Å². The van der Waals surface area contributed by atoms with Gasteiger partial charge < -0.3 is 15.4 Å². The number of hydrogen-bond donors (Lipinski definition) is 1. The lowest BCUT2D eigenvalue weighted by molar-refractivity contribution is -0.385. The van der Waals surface area contributed by atoms with Crippen LogP contribution in [-0.2, 0) is 11.3 Å². The maximum Gasteiger partial charge on any atom is 0.310 e. The lowest BCUT2D eigenvalue weighted by atomic mass is 10.2. The van der Waals surface area contributed by atoms with Crippen LogP contribution < -0.4 is 10.5 Å². The molecule has 2 N–H and O–H groups in total.